The van der Waals surface area contributed by atoms with Crippen LogP contribution in [0, 0.1) is 0 Å². The molecule has 2 aromatic rings. The summed E-state index contributed by atoms with van der Waals surface area (Å²) in [7, 11) is 3.10. The van der Waals surface area contributed by atoms with Crippen molar-refractivity contribution in [1.82, 2.24) is 0 Å². The van der Waals surface area contributed by atoms with Crippen molar-refractivity contribution in [2.75, 3.05) is 19.1 Å². The molecule has 0 N–H and O–H groups in total. The van der Waals surface area contributed by atoms with Gasteiger partial charge < -0.3 is 9.47 Å². The quantitative estimate of drug-likeness (QED) is 0.731. The number of hydrogen-bond acceptors (Lipinski definition) is 5. The van der Waals surface area contributed by atoms with Crippen LogP contribution in [0.4, 0.5) is 10.5 Å². The number of carbonyl (C=O) groups excluding carboxylic acids is 2. The number of anilines is 1. The van der Waals surface area contributed by atoms with Crippen LogP contribution in [0.3, 0.4) is 0 Å². The average molecular weight is 376 g/mol. The fourth-order valence-corrected chi connectivity index (χ4v) is 3.33. The van der Waals surface area contributed by atoms with Crippen molar-refractivity contribution in [1.29, 1.82) is 0 Å². The van der Waals surface area contributed by atoms with Gasteiger partial charge in [0, 0.05) is 10.6 Å². The highest BCUT2D eigenvalue weighted by molar-refractivity contribution is 8.19. The second-order valence-corrected chi connectivity index (χ2v) is 6.53. The number of rotatable bonds is 4. The van der Waals surface area contributed by atoms with E-state index in [-0.39, 0.29) is 11.1 Å². The van der Waals surface area contributed by atoms with Crippen LogP contribution in [0.5, 0.6) is 11.5 Å². The number of halogens is 1. The minimum absolute atomic E-state index is 0.312. The van der Waals surface area contributed by atoms with E-state index in [1.54, 1.807) is 62.8 Å². The lowest BCUT2D eigenvalue weighted by molar-refractivity contribution is -0.113. The van der Waals surface area contributed by atoms with Gasteiger partial charge in [-0.3, -0.25) is 9.59 Å². The molecule has 0 unspecified atom stereocenters. The molecule has 1 aliphatic rings. The van der Waals surface area contributed by atoms with Crippen molar-refractivity contribution < 1.29 is 19.1 Å². The van der Waals surface area contributed by atoms with E-state index in [4.69, 9.17) is 21.1 Å². The Morgan fingerprint density at radius 2 is 1.76 bits per heavy atom. The van der Waals surface area contributed by atoms with Crippen LogP contribution < -0.4 is 14.4 Å². The van der Waals surface area contributed by atoms with Gasteiger partial charge in [-0.15, -0.1) is 0 Å². The largest absolute Gasteiger partial charge is 0.497 e. The first-order chi connectivity index (χ1) is 12.0. The van der Waals surface area contributed by atoms with E-state index in [0.29, 0.717) is 32.7 Å². The zero-order chi connectivity index (χ0) is 18.0. The number of methoxy groups -OCH3 is 2. The van der Waals surface area contributed by atoms with E-state index in [0.717, 1.165) is 16.7 Å². The predicted octanol–water partition coefficient (Wildman–Crippen LogP) is 4.60. The number of hydrogen-bond donors (Lipinski definition) is 0. The van der Waals surface area contributed by atoms with Gasteiger partial charge in [0.2, 0.25) is 0 Å². The van der Waals surface area contributed by atoms with E-state index >= 15 is 0 Å². The van der Waals surface area contributed by atoms with Gasteiger partial charge in [0.15, 0.2) is 0 Å². The van der Waals surface area contributed by atoms with Gasteiger partial charge in [-0.1, -0.05) is 11.6 Å². The first-order valence-electron chi connectivity index (χ1n) is 7.29. The van der Waals surface area contributed by atoms with Gasteiger partial charge in [0.25, 0.3) is 11.1 Å². The molecule has 0 atom stereocenters. The molecule has 0 spiro atoms. The van der Waals surface area contributed by atoms with E-state index in [1.165, 1.54) is 0 Å². The molecule has 5 nitrogen and oxygen atoms in total. The maximum atomic E-state index is 12.7. The van der Waals surface area contributed by atoms with Crippen molar-refractivity contribution in [3.8, 4) is 11.5 Å². The van der Waals surface area contributed by atoms with Crippen molar-refractivity contribution in [2.45, 2.75) is 0 Å². The molecular weight excluding hydrogens is 362 g/mol. The Morgan fingerprint density at radius 3 is 2.40 bits per heavy atom. The molecule has 1 fully saturated rings. The molecule has 128 valence electrons. The molecule has 3 rings (SSSR count). The molecule has 2 aromatic carbocycles. The van der Waals surface area contributed by atoms with E-state index in [9.17, 15) is 9.59 Å². The smallest absolute Gasteiger partial charge is 0.298 e. The molecular formula is C18H14ClNO4S. The van der Waals surface area contributed by atoms with Gasteiger partial charge >= 0.3 is 0 Å². The first kappa shape index (κ1) is 17.4. The Kier molecular flexibility index (Phi) is 5.01. The summed E-state index contributed by atoms with van der Waals surface area (Å²) < 4.78 is 10.5. The summed E-state index contributed by atoms with van der Waals surface area (Å²) in [5.41, 5.74) is 1.14. The van der Waals surface area contributed by atoms with E-state index in [2.05, 4.69) is 0 Å². The Bertz CT molecular complexity index is 864. The van der Waals surface area contributed by atoms with Crippen LogP contribution in [0.2, 0.25) is 5.02 Å². The molecule has 1 saturated heterocycles. The number of nitrogens with zero attached hydrogens (tertiary/aromatic N) is 1. The van der Waals surface area contributed by atoms with Crippen LogP contribution in [-0.2, 0) is 4.79 Å². The lowest BCUT2D eigenvalue weighted by Crippen LogP contribution is -2.27. The maximum Gasteiger partial charge on any atom is 0.298 e. The third kappa shape index (κ3) is 3.50. The van der Waals surface area contributed by atoms with Gasteiger partial charge in [0.1, 0.15) is 11.5 Å². The number of benzene rings is 2. The second-order valence-electron chi connectivity index (χ2n) is 5.10. The molecule has 1 heterocycles. The van der Waals surface area contributed by atoms with Crippen LogP contribution >= 0.6 is 23.4 Å². The van der Waals surface area contributed by atoms with Crippen LogP contribution in [0.25, 0.3) is 6.08 Å². The molecule has 0 saturated carbocycles. The summed E-state index contributed by atoms with van der Waals surface area (Å²) in [6, 6.07) is 11.8. The topological polar surface area (TPSA) is 55.8 Å². The Morgan fingerprint density at radius 1 is 1.04 bits per heavy atom. The third-order valence-corrected chi connectivity index (χ3v) is 4.72. The summed E-state index contributed by atoms with van der Waals surface area (Å²) in [4.78, 5) is 26.4. The summed E-state index contributed by atoms with van der Waals surface area (Å²) in [5.74, 6) is 0.824. The molecule has 7 heteroatoms. The number of thioether (sulfide) groups is 1. The summed E-state index contributed by atoms with van der Waals surface area (Å²) in [5, 5.41) is 0.174. The van der Waals surface area contributed by atoms with Gasteiger partial charge in [0.05, 0.1) is 24.8 Å². The normalized spacial score (nSPS) is 15.8. The van der Waals surface area contributed by atoms with Crippen LogP contribution in [-0.4, -0.2) is 25.4 Å². The fraction of sp³-hybridized carbons (Fsp3) is 0.111. The van der Waals surface area contributed by atoms with E-state index < -0.39 is 0 Å². The number of ether oxygens (including phenoxy) is 2. The van der Waals surface area contributed by atoms with E-state index in [1.807, 2.05) is 0 Å². The third-order valence-electron chi connectivity index (χ3n) is 3.60. The first-order valence-corrected chi connectivity index (χ1v) is 8.48. The highest BCUT2D eigenvalue weighted by Crippen LogP contribution is 2.37. The van der Waals surface area contributed by atoms with Crippen molar-refractivity contribution in [2.24, 2.45) is 0 Å². The lowest BCUT2D eigenvalue weighted by atomic mass is 10.1. The standard InChI is InChI=1S/C18H14ClNO4S/c1-23-14-7-8-15(24-2)11(9-14)10-16-17(21)20(18(22)25-16)13-5-3-12(19)4-6-13/h3-10H,1-2H3/b16-10+. The molecule has 0 aliphatic carbocycles. The minimum atomic E-state index is -0.387. The second kappa shape index (κ2) is 7.21. The molecule has 0 bridgehead atoms. The Balaban J connectivity index is 1.97. The Labute approximate surface area is 154 Å². The monoisotopic (exact) mass is 375 g/mol. The van der Waals surface area contributed by atoms with Crippen LogP contribution in [0.15, 0.2) is 47.4 Å². The van der Waals surface area contributed by atoms with Crippen molar-refractivity contribution in [3.63, 3.8) is 0 Å². The maximum absolute atomic E-state index is 12.7. The molecule has 25 heavy (non-hydrogen) atoms. The lowest BCUT2D eigenvalue weighted by Gasteiger charge is -2.12. The predicted molar refractivity (Wildman–Crippen MR) is 99.4 cm³/mol. The average Bonchev–Trinajstić information content (AvgIpc) is 2.89. The number of amides is 2. The van der Waals surface area contributed by atoms with Gasteiger partial charge in [-0.25, -0.2) is 4.90 Å². The molecule has 1 aliphatic heterocycles. The fourth-order valence-electron chi connectivity index (χ4n) is 2.37. The molecule has 2 amide bonds. The number of carbonyl (C=O) groups is 2. The SMILES string of the molecule is COc1ccc(OC)c(/C=C2/SC(=O)N(c3ccc(Cl)cc3)C2=O)c1. The molecule has 0 aromatic heterocycles. The zero-order valence-electron chi connectivity index (χ0n) is 13.5. The Hall–Kier alpha value is -2.44. The summed E-state index contributed by atoms with van der Waals surface area (Å²) >= 11 is 6.74. The highest BCUT2D eigenvalue weighted by atomic mass is 35.5. The van der Waals surface area contributed by atoms with Crippen molar-refractivity contribution in [3.05, 3.63) is 58.0 Å². The minimum Gasteiger partial charge on any atom is -0.497 e. The van der Waals surface area contributed by atoms with Gasteiger partial charge in [-0.05, 0) is 60.3 Å². The van der Waals surface area contributed by atoms with Gasteiger partial charge in [-0.2, -0.15) is 0 Å². The number of imide groups is 1. The zero-order valence-corrected chi connectivity index (χ0v) is 15.1. The van der Waals surface area contributed by atoms with Crippen molar-refractivity contribution >= 4 is 46.3 Å². The summed E-state index contributed by atoms with van der Waals surface area (Å²) in [6.45, 7) is 0. The molecule has 0 radical (unpaired) electrons. The van der Waals surface area contributed by atoms with Crippen LogP contribution in [0.1, 0.15) is 5.56 Å². The highest BCUT2D eigenvalue weighted by Gasteiger charge is 2.36. The summed E-state index contributed by atoms with van der Waals surface area (Å²) in [6.07, 6.45) is 1.63.